The Morgan fingerprint density at radius 3 is 2.57 bits per heavy atom. The van der Waals surface area contributed by atoms with Crippen LogP contribution in [-0.4, -0.2) is 27.3 Å². The predicted molar refractivity (Wildman–Crippen MR) is 89.0 cm³/mol. The highest BCUT2D eigenvalue weighted by molar-refractivity contribution is 7.99. The fourth-order valence-corrected chi connectivity index (χ4v) is 2.62. The molecule has 1 aromatic heterocycles. The minimum atomic E-state index is -0.374. The third kappa shape index (κ3) is 5.14. The summed E-state index contributed by atoms with van der Waals surface area (Å²) in [6.45, 7) is 5.39. The van der Waals surface area contributed by atoms with Gasteiger partial charge in [-0.15, -0.1) is 0 Å². The van der Waals surface area contributed by atoms with Crippen molar-refractivity contribution in [3.63, 3.8) is 0 Å². The molecule has 1 heterocycles. The van der Waals surface area contributed by atoms with Gasteiger partial charge in [0.2, 0.25) is 0 Å². The largest absolute Gasteiger partial charge is 0.272 e. The summed E-state index contributed by atoms with van der Waals surface area (Å²) in [5.41, 5.74) is 4.89. The summed E-state index contributed by atoms with van der Waals surface area (Å²) in [5.74, 6) is -0.536. The second-order valence-corrected chi connectivity index (χ2v) is 5.88. The third-order valence-electron chi connectivity index (χ3n) is 2.91. The molecule has 0 bridgehead atoms. The molecule has 1 N–H and O–H groups in total. The molecule has 0 fully saturated rings. The number of aryl methyl sites for hydroxylation is 2. The molecule has 5 nitrogen and oxygen atoms in total. The average molecular weight is 332 g/mol. The van der Waals surface area contributed by atoms with Crippen LogP contribution in [0.1, 0.15) is 23.9 Å². The topological polar surface area (TPSA) is 67.2 Å². The van der Waals surface area contributed by atoms with Gasteiger partial charge in [0.25, 0.3) is 5.91 Å². The summed E-state index contributed by atoms with van der Waals surface area (Å²) in [7, 11) is 0. The number of rotatable bonds is 5. The Morgan fingerprint density at radius 2 is 1.91 bits per heavy atom. The standard InChI is InChI=1S/C16H17FN4OS/c1-10-8-11(2)19-16(18-10)23-9-15(22)21-20-12(3)13-6-4-5-7-14(13)17/h4-8H,9H2,1-3H3,(H,21,22)/b20-12+. The van der Waals surface area contributed by atoms with Crippen molar-refractivity contribution in [2.24, 2.45) is 5.10 Å². The average Bonchev–Trinajstić information content (AvgIpc) is 2.50. The minimum Gasteiger partial charge on any atom is -0.272 e. The number of hydrogen-bond donors (Lipinski definition) is 1. The SMILES string of the molecule is C/C(=N\NC(=O)CSc1nc(C)cc(C)n1)c1ccccc1F. The second-order valence-electron chi connectivity index (χ2n) is 4.93. The van der Waals surface area contributed by atoms with E-state index < -0.39 is 0 Å². The zero-order valence-electron chi connectivity index (χ0n) is 13.1. The van der Waals surface area contributed by atoms with Gasteiger partial charge in [-0.2, -0.15) is 5.10 Å². The van der Waals surface area contributed by atoms with Crippen molar-refractivity contribution in [2.45, 2.75) is 25.9 Å². The molecule has 0 radical (unpaired) electrons. The first-order chi connectivity index (χ1) is 11.0. The molecule has 0 unspecified atom stereocenters. The number of hydrazone groups is 1. The lowest BCUT2D eigenvalue weighted by Gasteiger charge is -2.04. The summed E-state index contributed by atoms with van der Waals surface area (Å²) in [4.78, 5) is 20.3. The molecule has 0 aliphatic carbocycles. The van der Waals surface area contributed by atoms with Crippen LogP contribution in [0.5, 0.6) is 0 Å². The van der Waals surface area contributed by atoms with Crippen molar-refractivity contribution in [3.05, 3.63) is 53.1 Å². The zero-order valence-corrected chi connectivity index (χ0v) is 13.9. The maximum Gasteiger partial charge on any atom is 0.250 e. The molecule has 120 valence electrons. The van der Waals surface area contributed by atoms with Gasteiger partial charge in [-0.3, -0.25) is 4.79 Å². The smallest absolute Gasteiger partial charge is 0.250 e. The molecule has 0 saturated heterocycles. The van der Waals surface area contributed by atoms with E-state index in [1.165, 1.54) is 17.8 Å². The van der Waals surface area contributed by atoms with Crippen LogP contribution in [0.25, 0.3) is 0 Å². The number of hydrogen-bond acceptors (Lipinski definition) is 5. The Labute approximate surface area is 138 Å². The fraction of sp³-hybridized carbons (Fsp3) is 0.250. The number of carbonyl (C=O) groups is 1. The lowest BCUT2D eigenvalue weighted by atomic mass is 10.1. The van der Waals surface area contributed by atoms with Crippen LogP contribution in [0.4, 0.5) is 4.39 Å². The van der Waals surface area contributed by atoms with Gasteiger partial charge >= 0.3 is 0 Å². The van der Waals surface area contributed by atoms with Gasteiger partial charge in [-0.05, 0) is 32.9 Å². The van der Waals surface area contributed by atoms with E-state index in [4.69, 9.17) is 0 Å². The van der Waals surface area contributed by atoms with Gasteiger partial charge in [-0.25, -0.2) is 19.8 Å². The first-order valence-corrected chi connectivity index (χ1v) is 7.97. The van der Waals surface area contributed by atoms with Gasteiger partial charge in [0, 0.05) is 17.0 Å². The lowest BCUT2D eigenvalue weighted by molar-refractivity contribution is -0.118. The van der Waals surface area contributed by atoms with E-state index in [1.807, 2.05) is 19.9 Å². The van der Waals surface area contributed by atoms with E-state index in [0.29, 0.717) is 16.4 Å². The van der Waals surface area contributed by atoms with Crippen molar-refractivity contribution < 1.29 is 9.18 Å². The number of benzene rings is 1. The monoisotopic (exact) mass is 332 g/mol. The summed E-state index contributed by atoms with van der Waals surface area (Å²) in [6.07, 6.45) is 0. The van der Waals surface area contributed by atoms with Crippen LogP contribution in [0.2, 0.25) is 0 Å². The van der Waals surface area contributed by atoms with Gasteiger partial charge < -0.3 is 0 Å². The third-order valence-corrected chi connectivity index (χ3v) is 3.75. The second kappa shape index (κ2) is 7.82. The van der Waals surface area contributed by atoms with Gasteiger partial charge in [0.1, 0.15) is 5.82 Å². The first-order valence-electron chi connectivity index (χ1n) is 6.99. The molecule has 0 spiro atoms. The molecule has 23 heavy (non-hydrogen) atoms. The Balaban J connectivity index is 1.92. The van der Waals surface area contributed by atoms with E-state index in [9.17, 15) is 9.18 Å². The van der Waals surface area contributed by atoms with Crippen LogP contribution in [0, 0.1) is 19.7 Å². The van der Waals surface area contributed by atoms with Crippen LogP contribution >= 0.6 is 11.8 Å². The molecule has 0 aliphatic rings. The number of aromatic nitrogens is 2. The highest BCUT2D eigenvalue weighted by Gasteiger charge is 2.07. The number of amides is 1. The molecule has 0 atom stereocenters. The molecule has 1 amide bonds. The summed E-state index contributed by atoms with van der Waals surface area (Å²) in [6, 6.07) is 8.14. The summed E-state index contributed by atoms with van der Waals surface area (Å²) in [5, 5.41) is 4.47. The molecule has 0 aliphatic heterocycles. The van der Waals surface area contributed by atoms with Crippen molar-refractivity contribution in [3.8, 4) is 0 Å². The Kier molecular flexibility index (Phi) is 5.81. The van der Waals surface area contributed by atoms with Crippen LogP contribution in [0.3, 0.4) is 0 Å². The Hall–Kier alpha value is -2.28. The molecular formula is C16H17FN4OS. The van der Waals surface area contributed by atoms with Crippen molar-refractivity contribution in [1.29, 1.82) is 0 Å². The van der Waals surface area contributed by atoms with Gasteiger partial charge in [0.05, 0.1) is 11.5 Å². The molecule has 1 aromatic carbocycles. The van der Waals surface area contributed by atoms with E-state index in [2.05, 4.69) is 20.5 Å². The molecule has 2 aromatic rings. The van der Waals surface area contributed by atoms with E-state index >= 15 is 0 Å². The van der Waals surface area contributed by atoms with Crippen molar-refractivity contribution >= 4 is 23.4 Å². The predicted octanol–water partition coefficient (Wildman–Crippen LogP) is 2.87. The number of nitrogens with one attached hydrogen (secondary N) is 1. The highest BCUT2D eigenvalue weighted by Crippen LogP contribution is 2.13. The van der Waals surface area contributed by atoms with Gasteiger partial charge in [0.15, 0.2) is 5.16 Å². The molecule has 2 rings (SSSR count). The maximum absolute atomic E-state index is 13.6. The van der Waals surface area contributed by atoms with Crippen molar-refractivity contribution in [2.75, 3.05) is 5.75 Å². The zero-order chi connectivity index (χ0) is 16.8. The number of thioether (sulfide) groups is 1. The summed E-state index contributed by atoms with van der Waals surface area (Å²) < 4.78 is 13.6. The normalized spacial score (nSPS) is 11.4. The summed E-state index contributed by atoms with van der Waals surface area (Å²) >= 11 is 1.23. The first kappa shape index (κ1) is 17.1. The maximum atomic E-state index is 13.6. The molecule has 7 heteroatoms. The highest BCUT2D eigenvalue weighted by atomic mass is 32.2. The van der Waals surface area contributed by atoms with E-state index in [-0.39, 0.29) is 17.5 Å². The van der Waals surface area contributed by atoms with Crippen molar-refractivity contribution in [1.82, 2.24) is 15.4 Å². The van der Waals surface area contributed by atoms with E-state index in [0.717, 1.165) is 11.4 Å². The molecule has 0 saturated carbocycles. The number of nitrogens with zero attached hydrogens (tertiary/aromatic N) is 3. The van der Waals surface area contributed by atoms with E-state index in [1.54, 1.807) is 25.1 Å². The van der Waals surface area contributed by atoms with Crippen LogP contribution < -0.4 is 5.43 Å². The number of halogens is 1. The number of carbonyl (C=O) groups excluding carboxylic acids is 1. The van der Waals surface area contributed by atoms with Crippen LogP contribution in [0.15, 0.2) is 40.6 Å². The molecular weight excluding hydrogens is 315 g/mol. The van der Waals surface area contributed by atoms with Gasteiger partial charge in [-0.1, -0.05) is 30.0 Å². The Bertz CT molecular complexity index is 728. The Morgan fingerprint density at radius 1 is 1.26 bits per heavy atom. The lowest BCUT2D eigenvalue weighted by Crippen LogP contribution is -2.21. The van der Waals surface area contributed by atoms with Crippen LogP contribution in [-0.2, 0) is 4.79 Å². The minimum absolute atomic E-state index is 0.136. The fourth-order valence-electron chi connectivity index (χ4n) is 1.88. The quantitative estimate of drug-likeness (QED) is 0.396.